The third-order valence-corrected chi connectivity index (χ3v) is 3.14. The number of ether oxygens (including phenoxy) is 2. The van der Waals surface area contributed by atoms with Crippen LogP contribution in [0.5, 0.6) is 0 Å². The van der Waals surface area contributed by atoms with Gasteiger partial charge in [-0.3, -0.25) is 0 Å². The van der Waals surface area contributed by atoms with Gasteiger partial charge in [-0.1, -0.05) is 46.1 Å². The molecule has 0 aromatic carbocycles. The van der Waals surface area contributed by atoms with Crippen molar-refractivity contribution in [2.75, 3.05) is 13.2 Å². The predicted molar refractivity (Wildman–Crippen MR) is 71.5 cm³/mol. The smallest absolute Gasteiger partial charge is 0.165 e. The second kappa shape index (κ2) is 5.76. The molecule has 0 radical (unpaired) electrons. The molecule has 0 spiro atoms. The van der Waals surface area contributed by atoms with E-state index >= 15 is 0 Å². The molecule has 0 N–H and O–H groups in total. The molecule has 0 aromatic rings. The summed E-state index contributed by atoms with van der Waals surface area (Å²) in [5.41, 5.74) is 1.14. The second-order valence-corrected chi connectivity index (χ2v) is 4.65. The minimum absolute atomic E-state index is 0.0263. The molecule has 0 saturated carbocycles. The summed E-state index contributed by atoms with van der Waals surface area (Å²) < 4.78 is 11.3. The van der Waals surface area contributed by atoms with Crippen LogP contribution in [0.1, 0.15) is 27.2 Å². The average Bonchev–Trinajstić information content (AvgIpc) is 2.35. The molecule has 0 saturated heterocycles. The van der Waals surface area contributed by atoms with E-state index in [1.165, 1.54) is 0 Å². The van der Waals surface area contributed by atoms with Gasteiger partial charge < -0.3 is 9.47 Å². The molecule has 0 bridgehead atoms. The van der Waals surface area contributed by atoms with E-state index in [4.69, 9.17) is 9.47 Å². The largest absolute Gasteiger partial charge is 0.486 e. The zero-order chi connectivity index (χ0) is 12.9. The Hall–Kier alpha value is -1.44. The third-order valence-electron chi connectivity index (χ3n) is 3.14. The van der Waals surface area contributed by atoms with E-state index in [1.807, 2.05) is 6.08 Å². The molecule has 0 amide bonds. The van der Waals surface area contributed by atoms with Gasteiger partial charge in [-0.25, -0.2) is 0 Å². The SMILES string of the molecule is C=C/C=C(\C1=C(C=C)OCCO1)C(C)(C)CC. The molecule has 2 heteroatoms. The van der Waals surface area contributed by atoms with Gasteiger partial charge >= 0.3 is 0 Å². The van der Waals surface area contributed by atoms with Crippen LogP contribution in [0.3, 0.4) is 0 Å². The minimum atomic E-state index is 0.0263. The van der Waals surface area contributed by atoms with Crippen molar-refractivity contribution < 1.29 is 9.47 Å². The Balaban J connectivity index is 3.23. The highest BCUT2D eigenvalue weighted by molar-refractivity contribution is 5.39. The predicted octanol–water partition coefficient (Wildman–Crippen LogP) is 3.98. The fourth-order valence-corrected chi connectivity index (χ4v) is 1.71. The van der Waals surface area contributed by atoms with Crippen molar-refractivity contribution in [3.05, 3.63) is 48.5 Å². The molecule has 17 heavy (non-hydrogen) atoms. The molecule has 0 fully saturated rings. The summed E-state index contributed by atoms with van der Waals surface area (Å²) in [6.07, 6.45) is 6.51. The Kier molecular flexibility index (Phi) is 4.62. The Bertz CT molecular complexity index is 359. The first-order valence-electron chi connectivity index (χ1n) is 6.02. The Morgan fingerprint density at radius 2 is 1.94 bits per heavy atom. The van der Waals surface area contributed by atoms with E-state index < -0.39 is 0 Å². The van der Waals surface area contributed by atoms with Crippen LogP contribution < -0.4 is 0 Å². The summed E-state index contributed by atoms with van der Waals surface area (Å²) in [6.45, 7) is 15.2. The minimum Gasteiger partial charge on any atom is -0.486 e. The van der Waals surface area contributed by atoms with E-state index in [0.29, 0.717) is 13.2 Å². The lowest BCUT2D eigenvalue weighted by Gasteiger charge is -2.31. The lowest BCUT2D eigenvalue weighted by atomic mass is 9.80. The summed E-state index contributed by atoms with van der Waals surface area (Å²) in [5, 5.41) is 0. The van der Waals surface area contributed by atoms with Crippen molar-refractivity contribution in [3.63, 3.8) is 0 Å². The fraction of sp³-hybridized carbons (Fsp3) is 0.467. The number of hydrogen-bond donors (Lipinski definition) is 0. The summed E-state index contributed by atoms with van der Waals surface area (Å²) in [6, 6.07) is 0. The van der Waals surface area contributed by atoms with Crippen LogP contribution in [-0.4, -0.2) is 13.2 Å². The summed E-state index contributed by atoms with van der Waals surface area (Å²) in [7, 11) is 0. The zero-order valence-electron chi connectivity index (χ0n) is 11.1. The van der Waals surface area contributed by atoms with E-state index in [2.05, 4.69) is 33.9 Å². The molecule has 1 aliphatic heterocycles. The normalized spacial score (nSPS) is 17.2. The summed E-state index contributed by atoms with van der Waals surface area (Å²) in [4.78, 5) is 0. The van der Waals surface area contributed by atoms with Gasteiger partial charge in [0.15, 0.2) is 11.5 Å². The molecule has 1 aliphatic rings. The lowest BCUT2D eigenvalue weighted by Crippen LogP contribution is -2.22. The molecule has 0 aromatic heterocycles. The lowest BCUT2D eigenvalue weighted by molar-refractivity contribution is 0.0698. The van der Waals surface area contributed by atoms with Gasteiger partial charge in [-0.05, 0) is 17.9 Å². The highest BCUT2D eigenvalue weighted by Gasteiger charge is 2.28. The maximum absolute atomic E-state index is 5.75. The topological polar surface area (TPSA) is 18.5 Å². The van der Waals surface area contributed by atoms with Crippen LogP contribution in [0, 0.1) is 5.41 Å². The van der Waals surface area contributed by atoms with Crippen molar-refractivity contribution in [1.29, 1.82) is 0 Å². The fourth-order valence-electron chi connectivity index (χ4n) is 1.71. The first-order valence-corrected chi connectivity index (χ1v) is 6.02. The quantitative estimate of drug-likeness (QED) is 0.670. The maximum Gasteiger partial charge on any atom is 0.165 e. The van der Waals surface area contributed by atoms with E-state index in [9.17, 15) is 0 Å². The van der Waals surface area contributed by atoms with E-state index in [0.717, 1.165) is 23.5 Å². The molecular weight excluding hydrogens is 212 g/mol. The Morgan fingerprint density at radius 1 is 1.29 bits per heavy atom. The molecule has 1 heterocycles. The first-order chi connectivity index (χ1) is 8.06. The van der Waals surface area contributed by atoms with Gasteiger partial charge in [0.1, 0.15) is 13.2 Å². The molecule has 0 unspecified atom stereocenters. The number of hydrogen-bond acceptors (Lipinski definition) is 2. The van der Waals surface area contributed by atoms with Crippen molar-refractivity contribution in [2.45, 2.75) is 27.2 Å². The van der Waals surface area contributed by atoms with Crippen LogP contribution in [0.15, 0.2) is 48.5 Å². The Morgan fingerprint density at radius 3 is 2.47 bits per heavy atom. The van der Waals surface area contributed by atoms with Crippen molar-refractivity contribution in [2.24, 2.45) is 5.41 Å². The van der Waals surface area contributed by atoms with E-state index in [1.54, 1.807) is 12.2 Å². The number of rotatable bonds is 5. The van der Waals surface area contributed by atoms with E-state index in [-0.39, 0.29) is 5.41 Å². The van der Waals surface area contributed by atoms with Crippen LogP contribution in [-0.2, 0) is 9.47 Å². The monoisotopic (exact) mass is 234 g/mol. The van der Waals surface area contributed by atoms with Crippen molar-refractivity contribution in [3.8, 4) is 0 Å². The molecule has 0 aliphatic carbocycles. The highest BCUT2D eigenvalue weighted by Crippen LogP contribution is 2.38. The van der Waals surface area contributed by atoms with Crippen LogP contribution in [0.25, 0.3) is 0 Å². The highest BCUT2D eigenvalue weighted by atomic mass is 16.6. The van der Waals surface area contributed by atoms with Crippen LogP contribution in [0.2, 0.25) is 0 Å². The molecule has 94 valence electrons. The maximum atomic E-state index is 5.75. The Labute approximate surface area is 104 Å². The van der Waals surface area contributed by atoms with Crippen LogP contribution in [0.4, 0.5) is 0 Å². The first kappa shape index (κ1) is 13.6. The zero-order valence-corrected chi connectivity index (χ0v) is 11.1. The summed E-state index contributed by atoms with van der Waals surface area (Å²) in [5.74, 6) is 1.53. The van der Waals surface area contributed by atoms with Crippen molar-refractivity contribution in [1.82, 2.24) is 0 Å². The van der Waals surface area contributed by atoms with Gasteiger partial charge in [0.25, 0.3) is 0 Å². The standard InChI is InChI=1S/C15H22O2/c1-6-9-12(15(4,5)8-3)14-13(7-2)16-10-11-17-14/h6-7,9H,1-2,8,10-11H2,3-5H3/b12-9+. The van der Waals surface area contributed by atoms with Crippen LogP contribution >= 0.6 is 0 Å². The van der Waals surface area contributed by atoms with Gasteiger partial charge in [0.05, 0.1) is 0 Å². The molecule has 2 nitrogen and oxygen atoms in total. The summed E-state index contributed by atoms with van der Waals surface area (Å²) >= 11 is 0. The van der Waals surface area contributed by atoms with Crippen molar-refractivity contribution >= 4 is 0 Å². The number of allylic oxidation sites excluding steroid dienone is 4. The molecule has 0 atom stereocenters. The average molecular weight is 234 g/mol. The third kappa shape index (κ3) is 3.02. The van der Waals surface area contributed by atoms with Gasteiger partial charge in [-0.15, -0.1) is 0 Å². The van der Waals surface area contributed by atoms with Gasteiger partial charge in [0.2, 0.25) is 0 Å². The second-order valence-electron chi connectivity index (χ2n) is 4.65. The van der Waals surface area contributed by atoms with Gasteiger partial charge in [-0.2, -0.15) is 0 Å². The molecular formula is C15H22O2. The van der Waals surface area contributed by atoms with Gasteiger partial charge in [0, 0.05) is 5.57 Å². The molecule has 1 rings (SSSR count).